The predicted octanol–water partition coefficient (Wildman–Crippen LogP) is -1.88. The Kier molecular flexibility index (Phi) is 5.97. The zero-order valence-corrected chi connectivity index (χ0v) is 9.86. The van der Waals surface area contributed by atoms with Crippen LogP contribution in [0.3, 0.4) is 0 Å². The molecule has 17 heavy (non-hydrogen) atoms. The molecule has 1 atom stereocenters. The molecule has 0 aliphatic carbocycles. The average Bonchev–Trinajstić information content (AvgIpc) is 2.14. The number of carbonyl (C=O) groups is 4. The summed E-state index contributed by atoms with van der Waals surface area (Å²) < 4.78 is 0. The van der Waals surface area contributed by atoms with E-state index in [1.165, 1.54) is 6.92 Å². The molecule has 0 radical (unpaired) electrons. The SMILES string of the molecule is CC(Cl)C(=O)NC(=O)N(CC(N)=O)CC(N)=O. The van der Waals surface area contributed by atoms with Crippen molar-refractivity contribution in [2.45, 2.75) is 12.3 Å². The molecule has 96 valence electrons. The topological polar surface area (TPSA) is 136 Å². The Hall–Kier alpha value is -1.83. The Morgan fingerprint density at radius 3 is 1.88 bits per heavy atom. The second-order valence-corrected chi connectivity index (χ2v) is 3.85. The van der Waals surface area contributed by atoms with Crippen molar-refractivity contribution in [3.8, 4) is 0 Å². The summed E-state index contributed by atoms with van der Waals surface area (Å²) in [4.78, 5) is 44.6. The van der Waals surface area contributed by atoms with Gasteiger partial charge in [0.1, 0.15) is 18.5 Å². The van der Waals surface area contributed by atoms with Gasteiger partial charge >= 0.3 is 6.03 Å². The number of rotatable bonds is 5. The van der Waals surface area contributed by atoms with Crippen LogP contribution < -0.4 is 16.8 Å². The fourth-order valence-electron chi connectivity index (χ4n) is 0.860. The highest BCUT2D eigenvalue weighted by Crippen LogP contribution is 1.95. The first-order valence-electron chi connectivity index (χ1n) is 4.54. The largest absolute Gasteiger partial charge is 0.368 e. The number of hydrogen-bond acceptors (Lipinski definition) is 4. The zero-order valence-electron chi connectivity index (χ0n) is 9.10. The molecule has 0 aromatic carbocycles. The van der Waals surface area contributed by atoms with Crippen LogP contribution in [0.2, 0.25) is 0 Å². The Bertz CT molecular complexity index is 328. The molecule has 0 aromatic heterocycles. The average molecular weight is 265 g/mol. The van der Waals surface area contributed by atoms with Crippen LogP contribution in [0.4, 0.5) is 4.79 Å². The number of nitrogens with zero attached hydrogens (tertiary/aromatic N) is 1. The molecule has 0 heterocycles. The fourth-order valence-corrected chi connectivity index (χ4v) is 0.914. The Balaban J connectivity index is 4.57. The van der Waals surface area contributed by atoms with Gasteiger partial charge in [-0.25, -0.2) is 4.79 Å². The molecule has 0 fully saturated rings. The highest BCUT2D eigenvalue weighted by atomic mass is 35.5. The van der Waals surface area contributed by atoms with Crippen LogP contribution in [0.15, 0.2) is 0 Å². The second-order valence-electron chi connectivity index (χ2n) is 3.20. The van der Waals surface area contributed by atoms with Crippen LogP contribution in [0.5, 0.6) is 0 Å². The quantitative estimate of drug-likeness (QED) is 0.501. The van der Waals surface area contributed by atoms with E-state index in [9.17, 15) is 19.2 Å². The fraction of sp³-hybridized carbons (Fsp3) is 0.500. The van der Waals surface area contributed by atoms with Crippen molar-refractivity contribution in [2.24, 2.45) is 11.5 Å². The lowest BCUT2D eigenvalue weighted by molar-refractivity contribution is -0.123. The Morgan fingerprint density at radius 1 is 1.18 bits per heavy atom. The lowest BCUT2D eigenvalue weighted by Gasteiger charge is -2.19. The van der Waals surface area contributed by atoms with Crippen LogP contribution in [0.1, 0.15) is 6.92 Å². The summed E-state index contributed by atoms with van der Waals surface area (Å²) in [5, 5.41) is 0.963. The second kappa shape index (κ2) is 6.69. The predicted molar refractivity (Wildman–Crippen MR) is 58.8 cm³/mol. The molecule has 0 saturated carbocycles. The van der Waals surface area contributed by atoms with E-state index in [0.29, 0.717) is 4.90 Å². The number of nitrogens with one attached hydrogen (secondary N) is 1. The van der Waals surface area contributed by atoms with Crippen molar-refractivity contribution in [1.82, 2.24) is 10.2 Å². The lowest BCUT2D eigenvalue weighted by Crippen LogP contribution is -2.50. The molecular formula is C8H13ClN4O4. The maximum absolute atomic E-state index is 11.4. The van der Waals surface area contributed by atoms with Gasteiger partial charge in [-0.05, 0) is 6.92 Å². The Morgan fingerprint density at radius 2 is 1.59 bits per heavy atom. The summed E-state index contributed by atoms with van der Waals surface area (Å²) >= 11 is 5.42. The summed E-state index contributed by atoms with van der Waals surface area (Å²) in [6.45, 7) is 0.300. The number of hydrogen-bond donors (Lipinski definition) is 3. The number of urea groups is 1. The minimum Gasteiger partial charge on any atom is -0.368 e. The molecule has 0 rings (SSSR count). The van der Waals surface area contributed by atoms with Gasteiger partial charge in [0.15, 0.2) is 0 Å². The molecule has 0 aliphatic heterocycles. The lowest BCUT2D eigenvalue weighted by atomic mass is 10.4. The Labute approximate surface area is 102 Å². The number of alkyl halides is 1. The molecule has 0 spiro atoms. The van der Waals surface area contributed by atoms with Crippen LogP contribution in [0.25, 0.3) is 0 Å². The molecular weight excluding hydrogens is 252 g/mol. The van der Waals surface area contributed by atoms with E-state index >= 15 is 0 Å². The molecule has 9 heteroatoms. The minimum atomic E-state index is -0.958. The first-order chi connectivity index (χ1) is 7.73. The third kappa shape index (κ3) is 6.36. The standard InChI is InChI=1S/C8H13ClN4O4/c1-4(9)7(16)12-8(17)13(2-5(10)14)3-6(11)15/h4H,2-3H2,1H3,(H2,10,14)(H2,11,15)(H,12,16,17). The molecule has 0 aliphatic rings. The molecule has 8 nitrogen and oxygen atoms in total. The van der Waals surface area contributed by atoms with Crippen LogP contribution >= 0.6 is 11.6 Å². The third-order valence-corrected chi connectivity index (χ3v) is 1.77. The van der Waals surface area contributed by atoms with Gasteiger partial charge in [-0.15, -0.1) is 11.6 Å². The van der Waals surface area contributed by atoms with Gasteiger partial charge in [0.2, 0.25) is 17.7 Å². The summed E-state index contributed by atoms with van der Waals surface area (Å²) in [6.07, 6.45) is 0. The van der Waals surface area contributed by atoms with Crippen molar-refractivity contribution in [1.29, 1.82) is 0 Å². The molecule has 0 aromatic rings. The van der Waals surface area contributed by atoms with E-state index in [1.807, 2.05) is 5.32 Å². The van der Waals surface area contributed by atoms with E-state index in [0.717, 1.165) is 0 Å². The van der Waals surface area contributed by atoms with Crippen molar-refractivity contribution in [3.05, 3.63) is 0 Å². The molecule has 0 bridgehead atoms. The molecule has 5 amide bonds. The maximum atomic E-state index is 11.4. The molecule has 5 N–H and O–H groups in total. The van der Waals surface area contributed by atoms with Crippen molar-refractivity contribution < 1.29 is 19.2 Å². The first-order valence-corrected chi connectivity index (χ1v) is 4.98. The summed E-state index contributed by atoms with van der Waals surface area (Å²) in [7, 11) is 0. The van der Waals surface area contributed by atoms with Crippen molar-refractivity contribution in [2.75, 3.05) is 13.1 Å². The summed E-state index contributed by atoms with van der Waals surface area (Å²) in [5.41, 5.74) is 9.75. The maximum Gasteiger partial charge on any atom is 0.325 e. The number of halogens is 1. The van der Waals surface area contributed by atoms with Gasteiger partial charge in [0, 0.05) is 0 Å². The van der Waals surface area contributed by atoms with Gasteiger partial charge in [0.05, 0.1) is 0 Å². The minimum absolute atomic E-state index is 0.529. The third-order valence-electron chi connectivity index (χ3n) is 1.57. The van der Waals surface area contributed by atoms with Crippen LogP contribution in [0, 0.1) is 0 Å². The van der Waals surface area contributed by atoms with E-state index < -0.39 is 42.2 Å². The van der Waals surface area contributed by atoms with Crippen molar-refractivity contribution in [3.63, 3.8) is 0 Å². The van der Waals surface area contributed by atoms with E-state index in [4.69, 9.17) is 23.1 Å². The van der Waals surface area contributed by atoms with Gasteiger partial charge < -0.3 is 16.4 Å². The number of amides is 5. The first kappa shape index (κ1) is 15.2. The summed E-state index contributed by atoms with van der Waals surface area (Å²) in [5.74, 6) is -2.43. The van der Waals surface area contributed by atoms with Crippen LogP contribution in [-0.2, 0) is 14.4 Å². The van der Waals surface area contributed by atoms with Gasteiger partial charge in [-0.1, -0.05) is 0 Å². The van der Waals surface area contributed by atoms with Gasteiger partial charge in [0.25, 0.3) is 0 Å². The van der Waals surface area contributed by atoms with Gasteiger partial charge in [-0.2, -0.15) is 0 Å². The number of carbonyl (C=O) groups excluding carboxylic acids is 4. The zero-order chi connectivity index (χ0) is 13.6. The monoisotopic (exact) mass is 264 g/mol. The summed E-state index contributed by atoms with van der Waals surface area (Å²) in [6, 6.07) is -0.958. The van der Waals surface area contributed by atoms with Crippen molar-refractivity contribution >= 4 is 35.4 Å². The van der Waals surface area contributed by atoms with Gasteiger partial charge in [-0.3, -0.25) is 19.7 Å². The highest BCUT2D eigenvalue weighted by molar-refractivity contribution is 6.31. The van der Waals surface area contributed by atoms with E-state index in [-0.39, 0.29) is 0 Å². The molecule has 1 unspecified atom stereocenters. The highest BCUT2D eigenvalue weighted by Gasteiger charge is 2.21. The van der Waals surface area contributed by atoms with E-state index in [2.05, 4.69) is 0 Å². The normalized spacial score (nSPS) is 11.4. The number of nitrogens with two attached hydrogens (primary N) is 2. The number of imide groups is 1. The van der Waals surface area contributed by atoms with Crippen LogP contribution in [-0.4, -0.2) is 47.1 Å². The van der Waals surface area contributed by atoms with E-state index in [1.54, 1.807) is 0 Å². The molecule has 0 saturated heterocycles. The number of primary amides is 2. The smallest absolute Gasteiger partial charge is 0.325 e.